The van der Waals surface area contributed by atoms with Crippen molar-refractivity contribution in [3.05, 3.63) is 0 Å². The molecule has 1 rings (SSSR count). The lowest BCUT2D eigenvalue weighted by Gasteiger charge is -2.26. The molecule has 13 heavy (non-hydrogen) atoms. The lowest BCUT2D eigenvalue weighted by Crippen LogP contribution is -2.50. The van der Waals surface area contributed by atoms with Gasteiger partial charge in [-0.05, 0) is 12.8 Å². The molecule has 0 aliphatic carbocycles. The molecule has 0 spiro atoms. The van der Waals surface area contributed by atoms with Crippen LogP contribution in [0.2, 0.25) is 0 Å². The van der Waals surface area contributed by atoms with Crippen molar-refractivity contribution >= 4 is 5.91 Å². The fourth-order valence-corrected chi connectivity index (χ4v) is 1.44. The molecule has 0 aromatic rings. The molecule has 76 valence electrons. The maximum Gasteiger partial charge on any atom is 0.236 e. The summed E-state index contributed by atoms with van der Waals surface area (Å²) in [6.45, 7) is 4.91. The van der Waals surface area contributed by atoms with Gasteiger partial charge in [0.25, 0.3) is 0 Å². The Morgan fingerprint density at radius 3 is 2.77 bits per heavy atom. The summed E-state index contributed by atoms with van der Waals surface area (Å²) in [5.74, 6) is 0.0159. The van der Waals surface area contributed by atoms with E-state index in [-0.39, 0.29) is 18.1 Å². The molecule has 0 aromatic heterocycles. The smallest absolute Gasteiger partial charge is 0.236 e. The maximum atomic E-state index is 11.0. The average Bonchev–Trinajstić information content (AvgIpc) is 2.14. The second-order valence-electron chi connectivity index (χ2n) is 3.33. The van der Waals surface area contributed by atoms with E-state index in [2.05, 4.69) is 24.7 Å². The molecule has 0 radical (unpaired) electrons. The third kappa shape index (κ3) is 3.32. The molecular weight excluding hydrogens is 168 g/mol. The summed E-state index contributed by atoms with van der Waals surface area (Å²) < 4.78 is 5.74. The van der Waals surface area contributed by atoms with Gasteiger partial charge in [0.15, 0.2) is 0 Å². The third-order valence-electron chi connectivity index (χ3n) is 2.27. The van der Waals surface area contributed by atoms with Crippen LogP contribution < -0.4 is 10.9 Å². The Bertz CT molecular complexity index is 169. The van der Waals surface area contributed by atoms with Crippen molar-refractivity contribution in [2.45, 2.75) is 45.3 Å². The fourth-order valence-electron chi connectivity index (χ4n) is 1.44. The minimum Gasteiger partial charge on any atom is -0.373 e. The van der Waals surface area contributed by atoms with Crippen LogP contribution >= 0.6 is 0 Å². The molecule has 0 bridgehead atoms. The zero-order valence-corrected chi connectivity index (χ0v) is 8.30. The van der Waals surface area contributed by atoms with E-state index < -0.39 is 0 Å². The largest absolute Gasteiger partial charge is 0.373 e. The molecule has 1 unspecified atom stereocenters. The Balaban J connectivity index is 2.30. The summed E-state index contributed by atoms with van der Waals surface area (Å²) in [5.41, 5.74) is 5.37. The molecule has 1 saturated heterocycles. The minimum atomic E-state index is 0.0159. The van der Waals surface area contributed by atoms with Gasteiger partial charge >= 0.3 is 0 Å². The summed E-state index contributed by atoms with van der Waals surface area (Å²) >= 11 is 0. The maximum absolute atomic E-state index is 11.0. The minimum absolute atomic E-state index is 0.0159. The number of ether oxygens (including phenoxy) is 1. The number of carbonyl (C=O) groups excluding carboxylic acids is 1. The topological polar surface area (TPSA) is 50.4 Å². The molecule has 1 aliphatic rings. The predicted octanol–water partition coefficient (Wildman–Crippen LogP) is 0.585. The van der Waals surface area contributed by atoms with Gasteiger partial charge in [-0.25, -0.2) is 5.43 Å². The Morgan fingerprint density at radius 2 is 2.23 bits per heavy atom. The standard InChI is InChI=1S/C9H18N2O2/c1-3-7(4-2)13-8-5-9(12)11-10-6-8/h7-8,10H,3-6H2,1-2H3,(H,11,12). The molecule has 0 saturated carbocycles. The van der Waals surface area contributed by atoms with E-state index in [1.165, 1.54) is 0 Å². The number of hydrogen-bond acceptors (Lipinski definition) is 3. The zero-order valence-electron chi connectivity index (χ0n) is 8.30. The second-order valence-corrected chi connectivity index (χ2v) is 3.33. The van der Waals surface area contributed by atoms with Gasteiger partial charge in [0.2, 0.25) is 5.91 Å². The van der Waals surface area contributed by atoms with Crippen LogP contribution in [0.3, 0.4) is 0 Å². The normalized spacial score (nSPS) is 23.3. The van der Waals surface area contributed by atoms with E-state index in [4.69, 9.17) is 4.74 Å². The van der Waals surface area contributed by atoms with Gasteiger partial charge in [0.05, 0.1) is 18.6 Å². The van der Waals surface area contributed by atoms with Crippen molar-refractivity contribution in [1.82, 2.24) is 10.9 Å². The highest BCUT2D eigenvalue weighted by atomic mass is 16.5. The van der Waals surface area contributed by atoms with Gasteiger partial charge in [-0.1, -0.05) is 13.8 Å². The lowest BCUT2D eigenvalue weighted by molar-refractivity contribution is -0.130. The highest BCUT2D eigenvalue weighted by molar-refractivity contribution is 5.76. The van der Waals surface area contributed by atoms with Crippen molar-refractivity contribution in [2.75, 3.05) is 6.54 Å². The molecule has 4 heteroatoms. The van der Waals surface area contributed by atoms with Gasteiger partial charge in [-0.2, -0.15) is 0 Å². The van der Waals surface area contributed by atoms with Gasteiger partial charge in [0, 0.05) is 6.54 Å². The lowest BCUT2D eigenvalue weighted by atomic mass is 10.2. The average molecular weight is 186 g/mol. The first kappa shape index (κ1) is 10.5. The molecule has 4 nitrogen and oxygen atoms in total. The molecular formula is C9H18N2O2. The fraction of sp³-hybridized carbons (Fsp3) is 0.889. The second kappa shape index (κ2) is 5.19. The van der Waals surface area contributed by atoms with Crippen LogP contribution in [-0.2, 0) is 9.53 Å². The summed E-state index contributed by atoms with van der Waals surface area (Å²) in [6, 6.07) is 0. The first-order valence-corrected chi connectivity index (χ1v) is 4.93. The van der Waals surface area contributed by atoms with Crippen molar-refractivity contribution in [3.8, 4) is 0 Å². The van der Waals surface area contributed by atoms with E-state index in [0.717, 1.165) is 12.8 Å². The number of rotatable bonds is 4. The van der Waals surface area contributed by atoms with Gasteiger partial charge in [-0.15, -0.1) is 0 Å². The van der Waals surface area contributed by atoms with Gasteiger partial charge in [0.1, 0.15) is 0 Å². The summed E-state index contributed by atoms with van der Waals surface area (Å²) in [6.07, 6.45) is 2.82. The van der Waals surface area contributed by atoms with Crippen LogP contribution in [0.25, 0.3) is 0 Å². The number of carbonyl (C=O) groups is 1. The first-order valence-electron chi connectivity index (χ1n) is 4.93. The Hall–Kier alpha value is -0.610. The van der Waals surface area contributed by atoms with Crippen LogP contribution in [0.4, 0.5) is 0 Å². The monoisotopic (exact) mass is 186 g/mol. The van der Waals surface area contributed by atoms with Crippen LogP contribution in [-0.4, -0.2) is 24.7 Å². The van der Waals surface area contributed by atoms with Crippen LogP contribution in [0, 0.1) is 0 Å². The predicted molar refractivity (Wildman–Crippen MR) is 50.0 cm³/mol. The highest BCUT2D eigenvalue weighted by Crippen LogP contribution is 2.10. The zero-order chi connectivity index (χ0) is 9.68. The molecule has 2 N–H and O–H groups in total. The molecule has 1 amide bonds. The van der Waals surface area contributed by atoms with E-state index in [0.29, 0.717) is 13.0 Å². The first-order chi connectivity index (χ1) is 6.26. The summed E-state index contributed by atoms with van der Waals surface area (Å²) in [7, 11) is 0. The van der Waals surface area contributed by atoms with Crippen molar-refractivity contribution in [1.29, 1.82) is 0 Å². The molecule has 1 atom stereocenters. The summed E-state index contributed by atoms with van der Waals surface area (Å²) in [4.78, 5) is 11.0. The highest BCUT2D eigenvalue weighted by Gasteiger charge is 2.21. The molecule has 0 aromatic carbocycles. The van der Waals surface area contributed by atoms with Crippen molar-refractivity contribution in [2.24, 2.45) is 0 Å². The third-order valence-corrected chi connectivity index (χ3v) is 2.27. The van der Waals surface area contributed by atoms with Crippen molar-refractivity contribution < 1.29 is 9.53 Å². The number of hydrazine groups is 1. The van der Waals surface area contributed by atoms with Crippen molar-refractivity contribution in [3.63, 3.8) is 0 Å². The SMILES string of the molecule is CCC(CC)OC1CNNC(=O)C1. The summed E-state index contributed by atoms with van der Waals surface area (Å²) in [5, 5.41) is 0. The molecule has 1 heterocycles. The number of amides is 1. The van der Waals surface area contributed by atoms with Crippen LogP contribution in [0.1, 0.15) is 33.1 Å². The van der Waals surface area contributed by atoms with Gasteiger partial charge in [-0.3, -0.25) is 10.2 Å². The molecule has 1 aliphatic heterocycles. The van der Waals surface area contributed by atoms with E-state index >= 15 is 0 Å². The number of hydrogen-bond donors (Lipinski definition) is 2. The number of nitrogens with one attached hydrogen (secondary N) is 2. The van der Waals surface area contributed by atoms with E-state index in [9.17, 15) is 4.79 Å². The quantitative estimate of drug-likeness (QED) is 0.675. The molecule has 1 fully saturated rings. The Labute approximate surface area is 79.0 Å². The Morgan fingerprint density at radius 1 is 1.54 bits per heavy atom. The van der Waals surface area contributed by atoms with E-state index in [1.807, 2.05) is 0 Å². The van der Waals surface area contributed by atoms with E-state index in [1.54, 1.807) is 0 Å². The van der Waals surface area contributed by atoms with Gasteiger partial charge < -0.3 is 4.74 Å². The Kier molecular flexibility index (Phi) is 4.18. The van der Waals surface area contributed by atoms with Crippen LogP contribution in [0.15, 0.2) is 0 Å². The van der Waals surface area contributed by atoms with Crippen LogP contribution in [0.5, 0.6) is 0 Å².